The molecule has 8 nitrogen and oxygen atoms in total. The molecular weight excluding hydrogens is 549 g/mol. The van der Waals surface area contributed by atoms with Gasteiger partial charge in [0.15, 0.2) is 5.03 Å². The second kappa shape index (κ2) is 11.3. The van der Waals surface area contributed by atoms with Gasteiger partial charge in [0.25, 0.3) is 15.9 Å². The minimum atomic E-state index is -4.04. The molecule has 0 bridgehead atoms. The number of nitrogens with one attached hydrogen (secondary N) is 2. The van der Waals surface area contributed by atoms with Crippen LogP contribution in [0.3, 0.4) is 0 Å². The number of aryl methyl sites for hydroxylation is 2. The Morgan fingerprint density at radius 1 is 1.05 bits per heavy atom. The summed E-state index contributed by atoms with van der Waals surface area (Å²) in [5.74, 6) is -0.252. The summed E-state index contributed by atoms with van der Waals surface area (Å²) in [4.78, 5) is 19.8. The standard InChI is InChI=1S/C29H30FN5O3S2/c1-18-5-4-6-24(15-18)32-27-20(3)28(40(37,38)34-26-16-19(2)33-39-26)31-17-25(27)29(36)35-13-11-22(12-14-35)21-7-9-23(30)10-8-21/h4-10,15-17,22,34H,11-14H2,1-3H3,(H,31,32). The van der Waals surface area contributed by atoms with Crippen molar-refractivity contribution in [2.24, 2.45) is 0 Å². The maximum Gasteiger partial charge on any atom is 0.280 e. The average Bonchev–Trinajstić information content (AvgIpc) is 3.33. The number of amides is 1. The lowest BCUT2D eigenvalue weighted by Gasteiger charge is -2.33. The van der Waals surface area contributed by atoms with E-state index in [9.17, 15) is 17.6 Å². The van der Waals surface area contributed by atoms with E-state index in [4.69, 9.17) is 0 Å². The minimum absolute atomic E-state index is 0.166. The number of halogens is 1. The van der Waals surface area contributed by atoms with Crippen LogP contribution in [-0.2, 0) is 10.0 Å². The lowest BCUT2D eigenvalue weighted by Crippen LogP contribution is -2.38. The van der Waals surface area contributed by atoms with Gasteiger partial charge in [-0.25, -0.2) is 9.37 Å². The molecule has 3 heterocycles. The topological polar surface area (TPSA) is 104 Å². The van der Waals surface area contributed by atoms with Crippen molar-refractivity contribution in [3.8, 4) is 0 Å². The van der Waals surface area contributed by atoms with Crippen LogP contribution in [0.25, 0.3) is 0 Å². The zero-order valence-electron chi connectivity index (χ0n) is 22.4. The highest BCUT2D eigenvalue weighted by Gasteiger charge is 2.30. The van der Waals surface area contributed by atoms with Crippen LogP contribution in [0.2, 0.25) is 0 Å². The average molecular weight is 580 g/mol. The van der Waals surface area contributed by atoms with Crippen molar-refractivity contribution in [2.75, 3.05) is 23.1 Å². The Morgan fingerprint density at radius 3 is 2.42 bits per heavy atom. The molecule has 0 aliphatic carbocycles. The largest absolute Gasteiger partial charge is 0.355 e. The van der Waals surface area contributed by atoms with E-state index in [0.29, 0.717) is 40.6 Å². The fourth-order valence-corrected chi connectivity index (χ4v) is 7.08. The Kier molecular flexibility index (Phi) is 7.86. The van der Waals surface area contributed by atoms with Gasteiger partial charge in [0.05, 0.1) is 16.9 Å². The molecule has 1 saturated heterocycles. The molecule has 2 N–H and O–H groups in total. The van der Waals surface area contributed by atoms with Crippen molar-refractivity contribution in [1.82, 2.24) is 14.3 Å². The summed E-state index contributed by atoms with van der Waals surface area (Å²) >= 11 is 1.05. The molecule has 0 saturated carbocycles. The summed E-state index contributed by atoms with van der Waals surface area (Å²) in [5.41, 5.74) is 4.54. The molecule has 1 amide bonds. The highest BCUT2D eigenvalue weighted by molar-refractivity contribution is 7.92. The molecule has 5 rings (SSSR count). The number of carbonyl (C=O) groups is 1. The van der Waals surface area contributed by atoms with E-state index in [1.54, 1.807) is 36.9 Å². The van der Waals surface area contributed by atoms with E-state index < -0.39 is 10.0 Å². The fraction of sp³-hybridized carbons (Fsp3) is 0.276. The Bertz CT molecular complexity index is 1650. The van der Waals surface area contributed by atoms with Gasteiger partial charge >= 0.3 is 0 Å². The van der Waals surface area contributed by atoms with Gasteiger partial charge in [-0.2, -0.15) is 12.8 Å². The summed E-state index contributed by atoms with van der Waals surface area (Å²) in [5, 5.41) is 3.52. The van der Waals surface area contributed by atoms with E-state index in [1.165, 1.54) is 18.3 Å². The van der Waals surface area contributed by atoms with E-state index >= 15 is 0 Å². The zero-order chi connectivity index (χ0) is 28.4. The second-order valence-corrected chi connectivity index (χ2v) is 12.4. The molecule has 11 heteroatoms. The zero-order valence-corrected chi connectivity index (χ0v) is 24.1. The van der Waals surface area contributed by atoms with Gasteiger partial charge in [0, 0.05) is 30.5 Å². The summed E-state index contributed by atoms with van der Waals surface area (Å²) in [6.07, 6.45) is 2.83. The molecule has 208 valence electrons. The number of hydrogen-bond acceptors (Lipinski definition) is 7. The lowest BCUT2D eigenvalue weighted by molar-refractivity contribution is 0.0713. The van der Waals surface area contributed by atoms with Crippen molar-refractivity contribution >= 4 is 43.8 Å². The highest BCUT2D eigenvalue weighted by atomic mass is 32.2. The Hall–Kier alpha value is -3.83. The van der Waals surface area contributed by atoms with Crippen molar-refractivity contribution in [1.29, 1.82) is 0 Å². The first kappa shape index (κ1) is 27.7. The minimum Gasteiger partial charge on any atom is -0.355 e. The first-order chi connectivity index (χ1) is 19.1. The molecule has 2 aromatic carbocycles. The van der Waals surface area contributed by atoms with Crippen LogP contribution < -0.4 is 10.0 Å². The molecule has 4 aromatic rings. The molecule has 40 heavy (non-hydrogen) atoms. The first-order valence-corrected chi connectivity index (χ1v) is 15.2. The monoisotopic (exact) mass is 579 g/mol. The number of hydrogen-bond donors (Lipinski definition) is 2. The molecule has 2 aromatic heterocycles. The summed E-state index contributed by atoms with van der Waals surface area (Å²) < 4.78 is 46.7. The van der Waals surface area contributed by atoms with Crippen LogP contribution in [-0.4, -0.2) is 41.7 Å². The van der Waals surface area contributed by atoms with Crippen LogP contribution in [0.15, 0.2) is 65.8 Å². The molecule has 1 aliphatic rings. The van der Waals surface area contributed by atoms with Crippen LogP contribution >= 0.6 is 11.5 Å². The normalized spacial score (nSPS) is 14.2. The smallest absolute Gasteiger partial charge is 0.280 e. The molecule has 1 fully saturated rings. The van der Waals surface area contributed by atoms with Crippen LogP contribution in [0.1, 0.15) is 51.5 Å². The molecule has 0 unspecified atom stereocenters. The number of benzene rings is 2. The molecule has 0 spiro atoms. The van der Waals surface area contributed by atoms with Gasteiger partial charge in [0.2, 0.25) is 0 Å². The number of anilines is 3. The number of rotatable bonds is 7. The SMILES string of the molecule is Cc1cccc(Nc2c(C(=O)N3CCC(c4ccc(F)cc4)CC3)cnc(S(=O)(=O)Nc3cc(C)ns3)c2C)c1. The van der Waals surface area contributed by atoms with Gasteiger partial charge < -0.3 is 10.2 Å². The predicted octanol–water partition coefficient (Wildman–Crippen LogP) is 6.17. The van der Waals surface area contributed by atoms with Crippen LogP contribution in [0, 0.1) is 26.6 Å². The van der Waals surface area contributed by atoms with Crippen molar-refractivity contribution in [3.05, 3.63) is 94.6 Å². The maximum atomic E-state index is 13.8. The van der Waals surface area contributed by atoms with E-state index in [0.717, 1.165) is 41.2 Å². The van der Waals surface area contributed by atoms with Gasteiger partial charge in [-0.3, -0.25) is 9.52 Å². The number of sulfonamides is 1. The van der Waals surface area contributed by atoms with Crippen LogP contribution in [0.5, 0.6) is 0 Å². The molecular formula is C29H30FN5O3S2. The lowest BCUT2D eigenvalue weighted by atomic mass is 9.89. The maximum absolute atomic E-state index is 13.8. The van der Waals surface area contributed by atoms with Gasteiger partial charge in [-0.15, -0.1) is 0 Å². The van der Waals surface area contributed by atoms with Crippen molar-refractivity contribution in [3.63, 3.8) is 0 Å². The summed E-state index contributed by atoms with van der Waals surface area (Å²) in [6.45, 7) is 6.44. The predicted molar refractivity (Wildman–Crippen MR) is 155 cm³/mol. The first-order valence-electron chi connectivity index (χ1n) is 12.9. The van der Waals surface area contributed by atoms with Gasteiger partial charge in [-0.1, -0.05) is 24.3 Å². The quantitative estimate of drug-likeness (QED) is 0.272. The fourth-order valence-electron chi connectivity index (χ4n) is 4.97. The highest BCUT2D eigenvalue weighted by Crippen LogP contribution is 2.33. The third-order valence-electron chi connectivity index (χ3n) is 7.03. The third kappa shape index (κ3) is 6.00. The van der Waals surface area contributed by atoms with Crippen LogP contribution in [0.4, 0.5) is 20.8 Å². The van der Waals surface area contributed by atoms with Gasteiger partial charge in [0.1, 0.15) is 10.8 Å². The summed E-state index contributed by atoms with van der Waals surface area (Å²) in [6, 6.07) is 15.8. The number of piperidine rings is 1. The Balaban J connectivity index is 1.45. The number of aromatic nitrogens is 2. The third-order valence-corrected chi connectivity index (χ3v) is 9.37. The van der Waals surface area contributed by atoms with E-state index in [1.807, 2.05) is 31.2 Å². The van der Waals surface area contributed by atoms with E-state index in [2.05, 4.69) is 19.4 Å². The summed E-state index contributed by atoms with van der Waals surface area (Å²) in [7, 11) is -4.04. The molecule has 1 aliphatic heterocycles. The van der Waals surface area contributed by atoms with Crippen molar-refractivity contribution in [2.45, 2.75) is 44.6 Å². The second-order valence-electron chi connectivity index (χ2n) is 10.0. The number of carbonyl (C=O) groups excluding carboxylic acids is 1. The number of likely N-dealkylation sites (tertiary alicyclic amines) is 1. The van der Waals surface area contributed by atoms with Gasteiger partial charge in [-0.05, 0) is 92.5 Å². The van der Waals surface area contributed by atoms with Crippen molar-refractivity contribution < 1.29 is 17.6 Å². The van der Waals surface area contributed by atoms with E-state index in [-0.39, 0.29) is 22.7 Å². The number of nitrogens with zero attached hydrogens (tertiary/aromatic N) is 3. The molecule has 0 radical (unpaired) electrons. The molecule has 0 atom stereocenters. The Labute approximate surface area is 237 Å². The Morgan fingerprint density at radius 2 is 1.77 bits per heavy atom. The number of pyridine rings is 1.